The molecule has 0 atom stereocenters. The molecule has 0 saturated carbocycles. The Kier molecular flexibility index (Phi) is 4.34. The Morgan fingerprint density at radius 1 is 1.25 bits per heavy atom. The Bertz CT molecular complexity index is 354. The molecule has 0 bridgehead atoms. The third-order valence-electron chi connectivity index (χ3n) is 2.10. The zero-order valence-electron chi connectivity index (χ0n) is 9.48. The van der Waals surface area contributed by atoms with Crippen molar-refractivity contribution in [1.82, 2.24) is 0 Å². The van der Waals surface area contributed by atoms with Gasteiger partial charge in [-0.15, -0.1) is 13.2 Å². The average molecular weight is 235 g/mol. The van der Waals surface area contributed by atoms with E-state index < -0.39 is 8.56 Å². The quantitative estimate of drug-likeness (QED) is 0.609. The number of benzene rings is 1. The van der Waals surface area contributed by atoms with E-state index in [2.05, 4.69) is 13.2 Å². The van der Waals surface area contributed by atoms with Crippen LogP contribution in [0.4, 0.5) is 5.69 Å². The molecule has 0 fully saturated rings. The zero-order chi connectivity index (χ0) is 12.0. The van der Waals surface area contributed by atoms with Crippen molar-refractivity contribution in [3.8, 4) is 5.75 Å². The second-order valence-corrected chi connectivity index (χ2v) is 5.99. The van der Waals surface area contributed by atoms with Gasteiger partial charge in [-0.05, 0) is 42.6 Å². The van der Waals surface area contributed by atoms with E-state index in [1.54, 1.807) is 23.5 Å². The molecule has 0 aliphatic carbocycles. The van der Waals surface area contributed by atoms with Crippen molar-refractivity contribution < 1.29 is 8.85 Å². The summed E-state index contributed by atoms with van der Waals surface area (Å²) in [7, 11) is -2.51. The highest BCUT2D eigenvalue weighted by atomic mass is 28.4. The highest BCUT2D eigenvalue weighted by Gasteiger charge is 2.32. The van der Waals surface area contributed by atoms with Gasteiger partial charge < -0.3 is 14.6 Å². The third-order valence-corrected chi connectivity index (χ3v) is 4.53. The van der Waals surface area contributed by atoms with E-state index in [9.17, 15) is 0 Å². The van der Waals surface area contributed by atoms with Gasteiger partial charge in [0.15, 0.2) is 0 Å². The first-order valence-corrected chi connectivity index (χ1v) is 7.08. The van der Waals surface area contributed by atoms with Crippen LogP contribution in [-0.2, 0) is 4.43 Å². The van der Waals surface area contributed by atoms with Gasteiger partial charge in [0.25, 0.3) is 0 Å². The number of hydrogen-bond acceptors (Lipinski definition) is 3. The molecule has 0 radical (unpaired) electrons. The summed E-state index contributed by atoms with van der Waals surface area (Å²) in [4.78, 5) is 0. The van der Waals surface area contributed by atoms with Crippen LogP contribution in [0.2, 0.25) is 0 Å². The Morgan fingerprint density at radius 3 is 2.25 bits per heavy atom. The van der Waals surface area contributed by atoms with Crippen molar-refractivity contribution in [2.24, 2.45) is 0 Å². The molecule has 0 spiro atoms. The van der Waals surface area contributed by atoms with Crippen LogP contribution in [0.3, 0.4) is 0 Å². The van der Waals surface area contributed by atoms with Gasteiger partial charge in [-0.2, -0.15) is 0 Å². The van der Waals surface area contributed by atoms with Crippen molar-refractivity contribution >= 4 is 14.2 Å². The maximum absolute atomic E-state index is 5.82. The van der Waals surface area contributed by atoms with Crippen LogP contribution in [0.1, 0.15) is 6.92 Å². The highest BCUT2D eigenvalue weighted by Crippen LogP contribution is 2.19. The molecule has 2 N–H and O–H groups in total. The Labute approximate surface area is 97.4 Å². The fourth-order valence-electron chi connectivity index (χ4n) is 1.26. The van der Waals surface area contributed by atoms with Crippen molar-refractivity contribution in [1.29, 1.82) is 0 Å². The first-order chi connectivity index (χ1) is 7.65. The van der Waals surface area contributed by atoms with Gasteiger partial charge in [-0.1, -0.05) is 0 Å². The Hall–Kier alpha value is -1.52. The summed E-state index contributed by atoms with van der Waals surface area (Å²) in [5, 5.41) is 0. The molecule has 1 rings (SSSR count). The minimum Gasteiger partial charge on any atom is -0.515 e. The van der Waals surface area contributed by atoms with E-state index in [-0.39, 0.29) is 0 Å². The minimum atomic E-state index is -2.51. The van der Waals surface area contributed by atoms with E-state index in [0.717, 1.165) is 0 Å². The fourth-order valence-corrected chi connectivity index (χ4v) is 2.84. The summed E-state index contributed by atoms with van der Waals surface area (Å²) in [5.74, 6) is 0.717. The SMILES string of the molecule is C=C[Si](C=C)(OCC)Oc1ccc(N)cc1. The number of rotatable bonds is 6. The Morgan fingerprint density at radius 2 is 1.81 bits per heavy atom. The standard InChI is InChI=1S/C12H17NO2Si/c1-4-14-16(5-2,6-3)15-12-9-7-11(13)8-10-12/h5-10H,2-4,13H2,1H3. The smallest absolute Gasteiger partial charge is 0.452 e. The second-order valence-electron chi connectivity index (χ2n) is 3.23. The van der Waals surface area contributed by atoms with Crippen LogP contribution in [0.5, 0.6) is 5.75 Å². The lowest BCUT2D eigenvalue weighted by Crippen LogP contribution is -2.41. The molecule has 1 aromatic carbocycles. The largest absolute Gasteiger partial charge is 0.515 e. The highest BCUT2D eigenvalue weighted by molar-refractivity contribution is 6.78. The first-order valence-electron chi connectivity index (χ1n) is 5.11. The van der Waals surface area contributed by atoms with Crippen LogP contribution in [0, 0.1) is 0 Å². The molecule has 0 amide bonds. The maximum Gasteiger partial charge on any atom is 0.452 e. The van der Waals surface area contributed by atoms with E-state index in [0.29, 0.717) is 18.0 Å². The summed E-state index contributed by atoms with van der Waals surface area (Å²) in [6.07, 6.45) is 0. The average Bonchev–Trinajstić information content (AvgIpc) is 2.31. The molecule has 0 aromatic heterocycles. The minimum absolute atomic E-state index is 0.569. The van der Waals surface area contributed by atoms with Crippen LogP contribution >= 0.6 is 0 Å². The van der Waals surface area contributed by atoms with Gasteiger partial charge in [0.1, 0.15) is 5.75 Å². The van der Waals surface area contributed by atoms with Crippen LogP contribution < -0.4 is 10.2 Å². The van der Waals surface area contributed by atoms with Crippen molar-refractivity contribution in [3.05, 3.63) is 48.8 Å². The molecular weight excluding hydrogens is 218 g/mol. The number of nitrogens with two attached hydrogens (primary N) is 1. The monoisotopic (exact) mass is 235 g/mol. The van der Waals surface area contributed by atoms with Gasteiger partial charge in [0.2, 0.25) is 0 Å². The molecule has 86 valence electrons. The van der Waals surface area contributed by atoms with E-state index in [1.807, 2.05) is 19.1 Å². The summed E-state index contributed by atoms with van der Waals surface area (Å²) in [6.45, 7) is 9.99. The predicted octanol–water partition coefficient (Wildman–Crippen LogP) is 2.58. The van der Waals surface area contributed by atoms with E-state index in [4.69, 9.17) is 14.6 Å². The molecule has 0 aliphatic heterocycles. The van der Waals surface area contributed by atoms with Gasteiger partial charge >= 0.3 is 8.56 Å². The summed E-state index contributed by atoms with van der Waals surface area (Å²) >= 11 is 0. The predicted molar refractivity (Wildman–Crippen MR) is 69.3 cm³/mol. The molecule has 4 heteroatoms. The number of hydrogen-bond donors (Lipinski definition) is 1. The van der Waals surface area contributed by atoms with Crippen LogP contribution in [0.25, 0.3) is 0 Å². The van der Waals surface area contributed by atoms with Gasteiger partial charge in [-0.3, -0.25) is 0 Å². The van der Waals surface area contributed by atoms with Gasteiger partial charge in [0.05, 0.1) is 0 Å². The van der Waals surface area contributed by atoms with E-state index in [1.165, 1.54) is 0 Å². The lowest BCUT2D eigenvalue weighted by molar-refractivity contribution is 0.274. The summed E-state index contributed by atoms with van der Waals surface area (Å²) in [5.41, 5.74) is 9.72. The van der Waals surface area contributed by atoms with E-state index >= 15 is 0 Å². The maximum atomic E-state index is 5.82. The van der Waals surface area contributed by atoms with Crippen molar-refractivity contribution in [2.75, 3.05) is 12.3 Å². The second kappa shape index (κ2) is 5.53. The molecular formula is C12H17NO2Si. The van der Waals surface area contributed by atoms with Crippen molar-refractivity contribution in [3.63, 3.8) is 0 Å². The summed E-state index contributed by atoms with van der Waals surface area (Å²) in [6, 6.07) is 7.19. The van der Waals surface area contributed by atoms with Gasteiger partial charge in [-0.25, -0.2) is 0 Å². The lowest BCUT2D eigenvalue weighted by atomic mass is 10.3. The molecule has 1 aromatic rings. The Balaban J connectivity index is 2.86. The van der Waals surface area contributed by atoms with Crippen LogP contribution in [-0.4, -0.2) is 15.2 Å². The zero-order valence-corrected chi connectivity index (χ0v) is 10.5. The summed E-state index contributed by atoms with van der Waals surface area (Å²) < 4.78 is 11.4. The van der Waals surface area contributed by atoms with Crippen molar-refractivity contribution in [2.45, 2.75) is 6.92 Å². The normalized spacial score (nSPS) is 10.8. The first kappa shape index (κ1) is 12.5. The fraction of sp³-hybridized carbons (Fsp3) is 0.167. The molecule has 0 aliphatic rings. The molecule has 0 heterocycles. The molecule has 16 heavy (non-hydrogen) atoms. The molecule has 0 unspecified atom stereocenters. The van der Waals surface area contributed by atoms with Crippen LogP contribution in [0.15, 0.2) is 48.8 Å². The number of nitrogen functional groups attached to an aromatic ring is 1. The third kappa shape index (κ3) is 2.98. The molecule has 3 nitrogen and oxygen atoms in total. The number of anilines is 1. The lowest BCUT2D eigenvalue weighted by Gasteiger charge is -2.24. The molecule has 0 saturated heterocycles. The van der Waals surface area contributed by atoms with Gasteiger partial charge in [0, 0.05) is 12.3 Å². The topological polar surface area (TPSA) is 44.5 Å².